The third-order valence-corrected chi connectivity index (χ3v) is 16.2. The number of carbonyl (C=O) groups excluding carboxylic acids is 1. The lowest BCUT2D eigenvalue weighted by molar-refractivity contribution is -0.303. The Hall–Kier alpha value is -1.41. The molecule has 1 rings (SSSR count). The van der Waals surface area contributed by atoms with Crippen LogP contribution in [-0.4, -0.2) is 110 Å². The van der Waals surface area contributed by atoms with Gasteiger partial charge in [-0.1, -0.05) is 282 Å². The van der Waals surface area contributed by atoms with Crippen LogP contribution in [0.15, 0.2) is 24.3 Å². The zero-order valence-electron chi connectivity index (χ0n) is 50.2. The minimum atomic E-state index is -1.67. The Labute approximate surface area is 474 Å². The van der Waals surface area contributed by atoms with Crippen LogP contribution in [0.5, 0.6) is 0 Å². The van der Waals surface area contributed by atoms with E-state index in [-0.39, 0.29) is 12.8 Å². The van der Waals surface area contributed by atoms with E-state index >= 15 is 0 Å². The first-order chi connectivity index (χ1) is 37.7. The molecule has 0 spiro atoms. The molecule has 11 nitrogen and oxygen atoms in total. The molecule has 1 heterocycles. The number of carbonyl (C=O) groups is 1. The van der Waals surface area contributed by atoms with Crippen molar-refractivity contribution < 1.29 is 50.0 Å². The molecular weight excluding hydrogens is 967 g/mol. The molecule has 1 fully saturated rings. The van der Waals surface area contributed by atoms with Gasteiger partial charge in [-0.25, -0.2) is 0 Å². The minimum Gasteiger partial charge on any atom is -0.394 e. The van der Waals surface area contributed by atoms with Gasteiger partial charge in [-0.2, -0.15) is 0 Å². The van der Waals surface area contributed by atoms with Crippen molar-refractivity contribution in [3.8, 4) is 0 Å². The molecule has 1 saturated heterocycles. The third kappa shape index (κ3) is 43.0. The van der Waals surface area contributed by atoms with Crippen LogP contribution < -0.4 is 5.32 Å². The topological polar surface area (TPSA) is 189 Å². The summed E-state index contributed by atoms with van der Waals surface area (Å²) >= 11 is 0. The predicted octanol–water partition coefficient (Wildman–Crippen LogP) is 15.2. The molecule has 0 aromatic rings. The van der Waals surface area contributed by atoms with Crippen LogP contribution in [-0.2, 0) is 14.3 Å². The highest BCUT2D eigenvalue weighted by atomic mass is 16.7. The van der Waals surface area contributed by atoms with Gasteiger partial charge in [0, 0.05) is 0 Å². The second kappa shape index (κ2) is 55.1. The Balaban J connectivity index is 2.20. The Bertz CT molecular complexity index is 1300. The molecule has 456 valence electrons. The average molecular weight is 1090 g/mol. The van der Waals surface area contributed by atoms with Gasteiger partial charge in [-0.15, -0.1) is 0 Å². The molecule has 1 aliphatic rings. The molecule has 9 atom stereocenters. The quantitative estimate of drug-likeness (QED) is 0.0215. The first kappa shape index (κ1) is 73.6. The van der Waals surface area contributed by atoms with Crippen molar-refractivity contribution in [1.29, 1.82) is 0 Å². The number of allylic oxidation sites excluding steroid dienone is 4. The molecule has 0 aromatic heterocycles. The molecule has 8 N–H and O–H groups in total. The highest BCUT2D eigenvalue weighted by Gasteiger charge is 2.44. The Morgan fingerprint density at radius 3 is 1.12 bits per heavy atom. The summed E-state index contributed by atoms with van der Waals surface area (Å²) in [7, 11) is 0. The van der Waals surface area contributed by atoms with Gasteiger partial charge in [-0.05, 0) is 64.2 Å². The number of ether oxygens (including phenoxy) is 2. The van der Waals surface area contributed by atoms with Crippen LogP contribution >= 0.6 is 0 Å². The molecule has 0 bridgehead atoms. The summed E-state index contributed by atoms with van der Waals surface area (Å²) in [6, 6.07) is -1.18. The summed E-state index contributed by atoms with van der Waals surface area (Å²) in [5.41, 5.74) is 0. The van der Waals surface area contributed by atoms with Crippen LogP contribution in [0.1, 0.15) is 322 Å². The van der Waals surface area contributed by atoms with Gasteiger partial charge in [0.1, 0.15) is 36.6 Å². The SMILES string of the molecule is CCCCCCCCCCCCCC/C=C\CCCCCCCCCCCCCCCCCCC(O)C(=O)NC(COC1OC(CO)C(O)C(O)C1O)C(O)C(O)CCC/C=C/CCCCCCCCCCCCCCC. The van der Waals surface area contributed by atoms with Gasteiger partial charge < -0.3 is 50.5 Å². The van der Waals surface area contributed by atoms with E-state index in [9.17, 15) is 40.5 Å². The highest BCUT2D eigenvalue weighted by Crippen LogP contribution is 2.24. The molecule has 0 saturated carbocycles. The minimum absolute atomic E-state index is 0.257. The monoisotopic (exact) mass is 1090 g/mol. The lowest BCUT2D eigenvalue weighted by Gasteiger charge is -2.40. The van der Waals surface area contributed by atoms with Crippen LogP contribution in [0.4, 0.5) is 0 Å². The second-order valence-electron chi connectivity index (χ2n) is 23.5. The fourth-order valence-electron chi connectivity index (χ4n) is 10.9. The molecule has 11 heteroatoms. The lowest BCUT2D eigenvalue weighted by atomic mass is 9.98. The lowest BCUT2D eigenvalue weighted by Crippen LogP contribution is -2.60. The molecule has 0 aromatic carbocycles. The van der Waals surface area contributed by atoms with Crippen LogP contribution in [0.3, 0.4) is 0 Å². The Kier molecular flexibility index (Phi) is 52.7. The van der Waals surface area contributed by atoms with E-state index in [2.05, 4.69) is 43.5 Å². The van der Waals surface area contributed by atoms with E-state index < -0.39 is 74.2 Å². The zero-order valence-corrected chi connectivity index (χ0v) is 50.2. The van der Waals surface area contributed by atoms with Gasteiger partial charge in [0.05, 0.1) is 25.4 Å². The molecule has 1 aliphatic heterocycles. The number of amides is 1. The Morgan fingerprint density at radius 1 is 0.442 bits per heavy atom. The molecular formula is C66H127NO10. The third-order valence-electron chi connectivity index (χ3n) is 16.2. The molecule has 0 aliphatic carbocycles. The number of hydrogen-bond donors (Lipinski definition) is 8. The predicted molar refractivity (Wildman–Crippen MR) is 321 cm³/mol. The van der Waals surface area contributed by atoms with Gasteiger partial charge in [0.25, 0.3) is 0 Å². The standard InChI is InChI=1S/C66H127NO10/c1-3-5-7-9-11-13-15-17-19-21-23-24-25-26-27-28-29-30-31-32-33-34-35-36-38-40-42-44-46-48-50-52-54-59(70)65(75)67-57(56-76-66-64(74)63(73)62(72)60(55-68)77-66)61(71)58(69)53-51-49-47-45-43-41-39-37-22-20-18-16-14-12-10-8-6-4-2/h26-27,45,47,57-64,66,68-74H,3-25,28-44,46,48-56H2,1-2H3,(H,67,75)/b27-26-,47-45+. The van der Waals surface area contributed by atoms with Crippen molar-refractivity contribution in [3.63, 3.8) is 0 Å². The van der Waals surface area contributed by atoms with Crippen LogP contribution in [0, 0.1) is 0 Å². The molecule has 77 heavy (non-hydrogen) atoms. The molecule has 0 radical (unpaired) electrons. The summed E-state index contributed by atoms with van der Waals surface area (Å²) in [5, 5.41) is 76.3. The normalized spacial score (nSPS) is 19.6. The van der Waals surface area contributed by atoms with Crippen molar-refractivity contribution in [1.82, 2.24) is 5.32 Å². The fraction of sp³-hybridized carbons (Fsp3) is 0.924. The zero-order chi connectivity index (χ0) is 56.1. The summed E-state index contributed by atoms with van der Waals surface area (Å²) in [5.74, 6) is -0.701. The largest absolute Gasteiger partial charge is 0.394 e. The van der Waals surface area contributed by atoms with E-state index in [1.165, 1.54) is 244 Å². The maximum Gasteiger partial charge on any atom is 0.249 e. The van der Waals surface area contributed by atoms with Crippen molar-refractivity contribution >= 4 is 5.91 Å². The summed E-state index contributed by atoms with van der Waals surface area (Å²) in [4.78, 5) is 13.2. The van der Waals surface area contributed by atoms with E-state index in [1.807, 2.05) is 0 Å². The number of hydrogen-bond acceptors (Lipinski definition) is 10. The van der Waals surface area contributed by atoms with E-state index in [1.54, 1.807) is 0 Å². The fourth-order valence-corrected chi connectivity index (χ4v) is 10.9. The van der Waals surface area contributed by atoms with Gasteiger partial charge in [0.2, 0.25) is 5.91 Å². The number of unbranched alkanes of at least 4 members (excludes halogenated alkanes) is 42. The Morgan fingerprint density at radius 2 is 0.766 bits per heavy atom. The molecule has 1 amide bonds. The van der Waals surface area contributed by atoms with E-state index in [0.29, 0.717) is 12.8 Å². The summed E-state index contributed by atoms with van der Waals surface area (Å²) < 4.78 is 11.2. The van der Waals surface area contributed by atoms with E-state index in [4.69, 9.17) is 9.47 Å². The van der Waals surface area contributed by atoms with Crippen LogP contribution in [0.25, 0.3) is 0 Å². The van der Waals surface area contributed by atoms with Gasteiger partial charge in [-0.3, -0.25) is 4.79 Å². The highest BCUT2D eigenvalue weighted by molar-refractivity contribution is 5.80. The average Bonchev–Trinajstić information content (AvgIpc) is 3.43. The van der Waals surface area contributed by atoms with Crippen molar-refractivity contribution in [3.05, 3.63) is 24.3 Å². The maximum absolute atomic E-state index is 13.2. The van der Waals surface area contributed by atoms with Crippen molar-refractivity contribution in [2.75, 3.05) is 13.2 Å². The first-order valence-corrected chi connectivity index (χ1v) is 33.2. The summed E-state index contributed by atoms with van der Waals surface area (Å²) in [6.45, 7) is 3.48. The number of nitrogens with one attached hydrogen (secondary N) is 1. The second-order valence-corrected chi connectivity index (χ2v) is 23.5. The molecule has 9 unspecified atom stereocenters. The number of aliphatic hydroxyl groups excluding tert-OH is 7. The van der Waals surface area contributed by atoms with E-state index in [0.717, 1.165) is 38.5 Å². The number of rotatable bonds is 58. The van der Waals surface area contributed by atoms with Gasteiger partial charge >= 0.3 is 0 Å². The van der Waals surface area contributed by atoms with Crippen molar-refractivity contribution in [2.24, 2.45) is 0 Å². The van der Waals surface area contributed by atoms with Crippen molar-refractivity contribution in [2.45, 2.75) is 377 Å². The van der Waals surface area contributed by atoms with Crippen LogP contribution in [0.2, 0.25) is 0 Å². The summed E-state index contributed by atoms with van der Waals surface area (Å²) in [6.07, 6.45) is 56.9. The maximum atomic E-state index is 13.2. The first-order valence-electron chi connectivity index (χ1n) is 33.2. The number of aliphatic hydroxyl groups is 7. The smallest absolute Gasteiger partial charge is 0.249 e. The van der Waals surface area contributed by atoms with Gasteiger partial charge in [0.15, 0.2) is 6.29 Å².